The fraction of sp³-hybridized carbons (Fsp3) is 0.136. The van der Waals surface area contributed by atoms with Gasteiger partial charge in [0.05, 0.1) is 17.1 Å². The van der Waals surface area contributed by atoms with Crippen molar-refractivity contribution in [2.45, 2.75) is 25.3 Å². The molecule has 0 atom stereocenters. The highest BCUT2D eigenvalue weighted by Crippen LogP contribution is 2.31. The first-order valence-corrected chi connectivity index (χ1v) is 11.5. The Bertz CT molecular complexity index is 1230. The Balaban J connectivity index is 1.75. The first-order chi connectivity index (χ1) is 13.9. The summed E-state index contributed by atoms with van der Waals surface area (Å²) in [6.07, 6.45) is 1.61. The van der Waals surface area contributed by atoms with Crippen molar-refractivity contribution in [3.05, 3.63) is 88.9 Å². The molecule has 2 heterocycles. The summed E-state index contributed by atoms with van der Waals surface area (Å²) < 4.78 is 31.0. The van der Waals surface area contributed by atoms with Crippen molar-refractivity contribution in [3.63, 3.8) is 0 Å². The van der Waals surface area contributed by atoms with Crippen LogP contribution in [0.1, 0.15) is 16.7 Å². The van der Waals surface area contributed by atoms with Gasteiger partial charge in [-0.15, -0.1) is 11.3 Å². The molecule has 0 amide bonds. The van der Waals surface area contributed by atoms with E-state index in [2.05, 4.69) is 9.82 Å². The molecule has 0 spiro atoms. The second-order valence-electron chi connectivity index (χ2n) is 6.86. The van der Waals surface area contributed by atoms with Crippen molar-refractivity contribution in [1.29, 1.82) is 0 Å². The third-order valence-electron chi connectivity index (χ3n) is 4.81. The molecule has 7 heteroatoms. The molecule has 2 aromatic carbocycles. The minimum absolute atomic E-state index is 0.178. The predicted octanol–water partition coefficient (Wildman–Crippen LogP) is 5.08. The quantitative estimate of drug-likeness (QED) is 0.470. The summed E-state index contributed by atoms with van der Waals surface area (Å²) in [4.78, 5) is 0.995. The van der Waals surface area contributed by atoms with Gasteiger partial charge < -0.3 is 0 Å². The van der Waals surface area contributed by atoms with E-state index in [4.69, 9.17) is 0 Å². The molecule has 0 aliphatic rings. The number of nitrogens with one attached hydrogen (secondary N) is 1. The van der Waals surface area contributed by atoms with Crippen LogP contribution >= 0.6 is 11.3 Å². The van der Waals surface area contributed by atoms with E-state index < -0.39 is 10.0 Å². The number of aryl methyl sites for hydroxylation is 1. The summed E-state index contributed by atoms with van der Waals surface area (Å²) in [7, 11) is -3.81. The topological polar surface area (TPSA) is 64.0 Å². The van der Waals surface area contributed by atoms with Crippen molar-refractivity contribution in [1.82, 2.24) is 9.78 Å². The lowest BCUT2D eigenvalue weighted by atomic mass is 10.1. The normalized spacial score (nSPS) is 11.5. The van der Waals surface area contributed by atoms with E-state index in [0.717, 1.165) is 21.6 Å². The SMILES string of the molecule is Cc1cccc(NS(=O)(=O)c2cn(Cc3ccccc3)nc2-c2cccs2)c1C. The molecule has 4 rings (SSSR count). The number of thiophene rings is 1. The summed E-state index contributed by atoms with van der Waals surface area (Å²) in [6, 6.07) is 19.2. The Morgan fingerprint density at radius 2 is 1.79 bits per heavy atom. The summed E-state index contributed by atoms with van der Waals surface area (Å²) >= 11 is 1.47. The molecular formula is C22H21N3O2S2. The van der Waals surface area contributed by atoms with Crippen LogP contribution in [0.25, 0.3) is 10.6 Å². The van der Waals surface area contributed by atoms with Crippen LogP contribution < -0.4 is 4.72 Å². The van der Waals surface area contributed by atoms with Crippen molar-refractivity contribution < 1.29 is 8.42 Å². The largest absolute Gasteiger partial charge is 0.279 e. The average Bonchev–Trinajstić information content (AvgIpc) is 3.36. The molecule has 5 nitrogen and oxygen atoms in total. The zero-order valence-electron chi connectivity index (χ0n) is 16.2. The molecule has 0 bridgehead atoms. The number of aromatic nitrogens is 2. The van der Waals surface area contributed by atoms with Gasteiger partial charge in [-0.2, -0.15) is 5.10 Å². The van der Waals surface area contributed by atoms with Gasteiger partial charge in [0, 0.05) is 6.20 Å². The fourth-order valence-electron chi connectivity index (χ4n) is 3.10. The van der Waals surface area contributed by atoms with Crippen LogP contribution in [0.3, 0.4) is 0 Å². The molecule has 0 radical (unpaired) electrons. The van der Waals surface area contributed by atoms with Gasteiger partial charge in [-0.3, -0.25) is 9.40 Å². The van der Waals surface area contributed by atoms with Crippen molar-refractivity contribution in [3.8, 4) is 10.6 Å². The average molecular weight is 424 g/mol. The van der Waals surface area contributed by atoms with Crippen molar-refractivity contribution >= 4 is 27.0 Å². The molecule has 4 aromatic rings. The van der Waals surface area contributed by atoms with Gasteiger partial charge in [0.15, 0.2) is 0 Å². The van der Waals surface area contributed by atoms with Gasteiger partial charge in [-0.25, -0.2) is 8.42 Å². The lowest BCUT2D eigenvalue weighted by Crippen LogP contribution is -2.14. The molecule has 0 saturated carbocycles. The van der Waals surface area contributed by atoms with E-state index in [0.29, 0.717) is 17.9 Å². The fourth-order valence-corrected chi connectivity index (χ4v) is 5.17. The summed E-state index contributed by atoms with van der Waals surface area (Å²) in [5, 5.41) is 6.52. The monoisotopic (exact) mass is 423 g/mol. The van der Waals surface area contributed by atoms with E-state index in [1.807, 2.05) is 73.8 Å². The van der Waals surface area contributed by atoms with Crippen LogP contribution in [-0.2, 0) is 16.6 Å². The zero-order chi connectivity index (χ0) is 20.4. The maximum Gasteiger partial charge on any atom is 0.265 e. The van der Waals surface area contributed by atoms with Crippen LogP contribution in [0.4, 0.5) is 5.69 Å². The predicted molar refractivity (Wildman–Crippen MR) is 118 cm³/mol. The first-order valence-electron chi connectivity index (χ1n) is 9.18. The van der Waals surface area contributed by atoms with Gasteiger partial charge in [-0.1, -0.05) is 48.5 Å². The Morgan fingerprint density at radius 3 is 2.52 bits per heavy atom. The van der Waals surface area contributed by atoms with Gasteiger partial charge in [0.25, 0.3) is 10.0 Å². The highest BCUT2D eigenvalue weighted by molar-refractivity contribution is 7.92. The maximum atomic E-state index is 13.3. The number of hydrogen-bond donors (Lipinski definition) is 1. The summed E-state index contributed by atoms with van der Waals surface area (Å²) in [5.41, 5.74) is 4.04. The highest BCUT2D eigenvalue weighted by Gasteiger charge is 2.25. The highest BCUT2D eigenvalue weighted by atomic mass is 32.2. The Labute approximate surface area is 174 Å². The first kappa shape index (κ1) is 19.4. The van der Waals surface area contributed by atoms with Gasteiger partial charge in [-0.05, 0) is 48.1 Å². The second kappa shape index (κ2) is 7.85. The van der Waals surface area contributed by atoms with Crippen LogP contribution in [0.5, 0.6) is 0 Å². The minimum atomic E-state index is -3.81. The van der Waals surface area contributed by atoms with Crippen LogP contribution in [0.2, 0.25) is 0 Å². The van der Waals surface area contributed by atoms with Crippen molar-refractivity contribution in [2.75, 3.05) is 4.72 Å². The molecule has 0 fully saturated rings. The van der Waals surface area contributed by atoms with Gasteiger partial charge >= 0.3 is 0 Å². The lowest BCUT2D eigenvalue weighted by Gasteiger charge is -2.11. The van der Waals surface area contributed by atoms with E-state index >= 15 is 0 Å². The Hall–Kier alpha value is -2.90. The molecule has 148 valence electrons. The Morgan fingerprint density at radius 1 is 1.00 bits per heavy atom. The van der Waals surface area contributed by atoms with Crippen LogP contribution in [0.15, 0.2) is 77.1 Å². The minimum Gasteiger partial charge on any atom is -0.279 e. The number of benzene rings is 2. The number of anilines is 1. The van der Waals surface area contributed by atoms with E-state index in [1.54, 1.807) is 16.9 Å². The van der Waals surface area contributed by atoms with E-state index in [9.17, 15) is 8.42 Å². The molecule has 0 saturated heterocycles. The molecule has 0 aliphatic heterocycles. The zero-order valence-corrected chi connectivity index (χ0v) is 17.8. The van der Waals surface area contributed by atoms with Crippen LogP contribution in [0, 0.1) is 13.8 Å². The number of sulfonamides is 1. The summed E-state index contributed by atoms with van der Waals surface area (Å²) in [6.45, 7) is 4.37. The number of nitrogens with zero attached hydrogens (tertiary/aromatic N) is 2. The molecule has 29 heavy (non-hydrogen) atoms. The van der Waals surface area contributed by atoms with Gasteiger partial charge in [0.1, 0.15) is 10.6 Å². The molecular weight excluding hydrogens is 402 g/mol. The maximum absolute atomic E-state index is 13.3. The molecule has 0 unspecified atom stereocenters. The molecule has 1 N–H and O–H groups in total. The van der Waals surface area contributed by atoms with E-state index in [1.165, 1.54) is 11.3 Å². The molecule has 0 aliphatic carbocycles. The Kier molecular flexibility index (Phi) is 5.25. The van der Waals surface area contributed by atoms with Gasteiger partial charge in [0.2, 0.25) is 0 Å². The molecule has 2 aromatic heterocycles. The smallest absolute Gasteiger partial charge is 0.265 e. The van der Waals surface area contributed by atoms with E-state index in [-0.39, 0.29) is 4.90 Å². The lowest BCUT2D eigenvalue weighted by molar-refractivity contribution is 0.601. The number of rotatable bonds is 6. The van der Waals surface area contributed by atoms with Crippen molar-refractivity contribution in [2.24, 2.45) is 0 Å². The third-order valence-corrected chi connectivity index (χ3v) is 7.05. The standard InChI is InChI=1S/C22H21N3O2S2/c1-16-8-6-11-19(17(16)2)24-29(26,27)21-15-25(14-18-9-4-3-5-10-18)23-22(21)20-12-7-13-28-20/h3-13,15,24H,14H2,1-2H3. The summed E-state index contributed by atoms with van der Waals surface area (Å²) in [5.74, 6) is 0. The number of hydrogen-bond acceptors (Lipinski definition) is 4. The second-order valence-corrected chi connectivity index (χ2v) is 9.45. The third kappa shape index (κ3) is 4.11. The van der Waals surface area contributed by atoms with Crippen LogP contribution in [-0.4, -0.2) is 18.2 Å².